The Balaban J connectivity index is 2.58. The van der Waals surface area contributed by atoms with Gasteiger partial charge in [0.05, 0.1) is 13.0 Å². The van der Waals surface area contributed by atoms with Gasteiger partial charge in [-0.15, -0.1) is 0 Å². The molecule has 1 aromatic carbocycles. The van der Waals surface area contributed by atoms with Gasteiger partial charge in [0.15, 0.2) is 0 Å². The topological polar surface area (TPSA) is 52.6 Å². The average Bonchev–Trinajstić information content (AvgIpc) is 2.39. The summed E-state index contributed by atoms with van der Waals surface area (Å²) in [4.78, 5) is 23.3. The minimum Gasteiger partial charge on any atom is -0.466 e. The SMILES string of the molecule is CCOC(=O)CCCc1ccccc1CC(=O)OC(C)(C)C. The average molecular weight is 306 g/mol. The van der Waals surface area contributed by atoms with Crippen molar-refractivity contribution in [3.05, 3.63) is 35.4 Å². The maximum absolute atomic E-state index is 12.0. The van der Waals surface area contributed by atoms with E-state index in [-0.39, 0.29) is 18.4 Å². The molecule has 0 heterocycles. The maximum Gasteiger partial charge on any atom is 0.310 e. The molecule has 0 atom stereocenters. The number of ether oxygens (including phenoxy) is 2. The second-order valence-corrected chi connectivity index (χ2v) is 6.19. The molecule has 0 aliphatic carbocycles. The largest absolute Gasteiger partial charge is 0.466 e. The van der Waals surface area contributed by atoms with Gasteiger partial charge in [-0.2, -0.15) is 0 Å². The molecule has 0 fully saturated rings. The quantitative estimate of drug-likeness (QED) is 0.724. The summed E-state index contributed by atoms with van der Waals surface area (Å²) in [7, 11) is 0. The van der Waals surface area contributed by atoms with Crippen molar-refractivity contribution in [2.45, 2.75) is 59.0 Å². The van der Waals surface area contributed by atoms with Crippen LogP contribution in [-0.2, 0) is 31.9 Å². The Kier molecular flexibility index (Phi) is 7.09. The summed E-state index contributed by atoms with van der Waals surface area (Å²) in [6, 6.07) is 7.78. The fourth-order valence-corrected chi connectivity index (χ4v) is 2.16. The molecule has 0 aromatic heterocycles. The zero-order valence-electron chi connectivity index (χ0n) is 14.0. The van der Waals surface area contributed by atoms with Crippen LogP contribution in [0.2, 0.25) is 0 Å². The van der Waals surface area contributed by atoms with Gasteiger partial charge in [0.25, 0.3) is 0 Å². The lowest BCUT2D eigenvalue weighted by atomic mass is 9.99. The molecule has 1 aromatic rings. The summed E-state index contributed by atoms with van der Waals surface area (Å²) in [5.74, 6) is -0.405. The Morgan fingerprint density at radius 1 is 1.05 bits per heavy atom. The van der Waals surface area contributed by atoms with Crippen LogP contribution in [0.25, 0.3) is 0 Å². The van der Waals surface area contributed by atoms with E-state index in [0.29, 0.717) is 19.4 Å². The van der Waals surface area contributed by atoms with Crippen molar-refractivity contribution in [3.8, 4) is 0 Å². The van der Waals surface area contributed by atoms with Crippen LogP contribution in [0, 0.1) is 0 Å². The third kappa shape index (κ3) is 7.25. The fourth-order valence-electron chi connectivity index (χ4n) is 2.16. The lowest BCUT2D eigenvalue weighted by Crippen LogP contribution is -2.25. The van der Waals surface area contributed by atoms with E-state index in [9.17, 15) is 9.59 Å². The molecule has 0 saturated carbocycles. The third-order valence-electron chi connectivity index (χ3n) is 3.01. The highest BCUT2D eigenvalue weighted by Gasteiger charge is 2.17. The standard InChI is InChI=1S/C18H26O4/c1-5-21-16(19)12-8-11-14-9-6-7-10-15(14)13-17(20)22-18(2,3)4/h6-7,9-10H,5,8,11-13H2,1-4H3. The van der Waals surface area contributed by atoms with Gasteiger partial charge in [0, 0.05) is 6.42 Å². The molecule has 0 N–H and O–H groups in total. The first-order valence-corrected chi connectivity index (χ1v) is 7.76. The van der Waals surface area contributed by atoms with Crippen LogP contribution in [0.5, 0.6) is 0 Å². The van der Waals surface area contributed by atoms with Gasteiger partial charge in [-0.25, -0.2) is 0 Å². The molecule has 0 unspecified atom stereocenters. The molecule has 0 radical (unpaired) electrons. The Hall–Kier alpha value is -1.84. The number of carbonyl (C=O) groups excluding carboxylic acids is 2. The fraction of sp³-hybridized carbons (Fsp3) is 0.556. The van der Waals surface area contributed by atoms with Crippen molar-refractivity contribution in [1.29, 1.82) is 0 Å². The zero-order chi connectivity index (χ0) is 16.6. The van der Waals surface area contributed by atoms with E-state index in [4.69, 9.17) is 9.47 Å². The first kappa shape index (κ1) is 18.2. The smallest absolute Gasteiger partial charge is 0.310 e. The van der Waals surface area contributed by atoms with E-state index in [2.05, 4.69) is 0 Å². The van der Waals surface area contributed by atoms with Crippen LogP contribution in [0.1, 0.15) is 51.7 Å². The molecule has 4 nitrogen and oxygen atoms in total. The van der Waals surface area contributed by atoms with Gasteiger partial charge in [-0.3, -0.25) is 9.59 Å². The van der Waals surface area contributed by atoms with Gasteiger partial charge < -0.3 is 9.47 Å². The minimum absolute atomic E-state index is 0.174. The van der Waals surface area contributed by atoms with Gasteiger partial charge in [-0.1, -0.05) is 24.3 Å². The van der Waals surface area contributed by atoms with E-state index in [1.165, 1.54) is 0 Å². The summed E-state index contributed by atoms with van der Waals surface area (Å²) in [6.07, 6.45) is 2.11. The number of aryl methyl sites for hydroxylation is 1. The number of hydrogen-bond donors (Lipinski definition) is 0. The number of benzene rings is 1. The van der Waals surface area contributed by atoms with E-state index in [1.54, 1.807) is 6.92 Å². The van der Waals surface area contributed by atoms with Crippen molar-refractivity contribution in [2.75, 3.05) is 6.61 Å². The van der Waals surface area contributed by atoms with Gasteiger partial charge in [0.2, 0.25) is 0 Å². The van der Waals surface area contributed by atoms with Crippen molar-refractivity contribution in [1.82, 2.24) is 0 Å². The molecule has 0 bridgehead atoms. The van der Waals surface area contributed by atoms with Gasteiger partial charge >= 0.3 is 11.9 Å². The van der Waals surface area contributed by atoms with E-state index in [0.717, 1.165) is 17.5 Å². The number of hydrogen-bond acceptors (Lipinski definition) is 4. The van der Waals surface area contributed by atoms with E-state index in [1.807, 2.05) is 45.0 Å². The van der Waals surface area contributed by atoms with Crippen LogP contribution in [0.3, 0.4) is 0 Å². The van der Waals surface area contributed by atoms with E-state index < -0.39 is 5.60 Å². The molecule has 122 valence electrons. The zero-order valence-corrected chi connectivity index (χ0v) is 14.0. The highest BCUT2D eigenvalue weighted by atomic mass is 16.6. The normalized spacial score (nSPS) is 11.1. The van der Waals surface area contributed by atoms with Crippen LogP contribution in [-0.4, -0.2) is 24.1 Å². The van der Waals surface area contributed by atoms with Crippen LogP contribution in [0.15, 0.2) is 24.3 Å². The molecule has 0 aliphatic rings. The summed E-state index contributed by atoms with van der Waals surface area (Å²) in [5, 5.41) is 0. The highest BCUT2D eigenvalue weighted by molar-refractivity contribution is 5.73. The number of carbonyl (C=O) groups is 2. The van der Waals surface area contributed by atoms with Gasteiger partial charge in [-0.05, 0) is 51.7 Å². The van der Waals surface area contributed by atoms with Crippen LogP contribution in [0.4, 0.5) is 0 Å². The summed E-state index contributed by atoms with van der Waals surface area (Å²) in [5.41, 5.74) is 1.56. The maximum atomic E-state index is 12.0. The molecule has 0 saturated heterocycles. The molecular weight excluding hydrogens is 280 g/mol. The summed E-state index contributed by atoms with van der Waals surface area (Å²) < 4.78 is 10.3. The highest BCUT2D eigenvalue weighted by Crippen LogP contribution is 2.16. The van der Waals surface area contributed by atoms with Crippen LogP contribution >= 0.6 is 0 Å². The Morgan fingerprint density at radius 2 is 1.68 bits per heavy atom. The number of esters is 2. The molecule has 4 heteroatoms. The summed E-state index contributed by atoms with van der Waals surface area (Å²) >= 11 is 0. The third-order valence-corrected chi connectivity index (χ3v) is 3.01. The molecular formula is C18H26O4. The van der Waals surface area contributed by atoms with Crippen molar-refractivity contribution in [3.63, 3.8) is 0 Å². The first-order chi connectivity index (χ1) is 10.3. The minimum atomic E-state index is -0.476. The molecule has 1 rings (SSSR count). The lowest BCUT2D eigenvalue weighted by Gasteiger charge is -2.20. The second kappa shape index (κ2) is 8.57. The van der Waals surface area contributed by atoms with Crippen molar-refractivity contribution in [2.24, 2.45) is 0 Å². The van der Waals surface area contributed by atoms with Crippen LogP contribution < -0.4 is 0 Å². The summed E-state index contributed by atoms with van der Waals surface area (Å²) in [6.45, 7) is 7.78. The predicted molar refractivity (Wildman–Crippen MR) is 85.6 cm³/mol. The van der Waals surface area contributed by atoms with E-state index >= 15 is 0 Å². The van der Waals surface area contributed by atoms with Crippen molar-refractivity contribution < 1.29 is 19.1 Å². The molecule has 0 aliphatic heterocycles. The Bertz CT molecular complexity index is 500. The first-order valence-electron chi connectivity index (χ1n) is 7.76. The lowest BCUT2D eigenvalue weighted by molar-refractivity contribution is -0.154. The predicted octanol–water partition coefficient (Wildman–Crippen LogP) is 3.46. The Labute approximate surface area is 132 Å². The molecule has 22 heavy (non-hydrogen) atoms. The molecule has 0 spiro atoms. The Morgan fingerprint density at radius 3 is 2.27 bits per heavy atom. The van der Waals surface area contributed by atoms with Crippen molar-refractivity contribution >= 4 is 11.9 Å². The number of rotatable bonds is 7. The molecule has 0 amide bonds. The van der Waals surface area contributed by atoms with Gasteiger partial charge in [0.1, 0.15) is 5.60 Å². The monoisotopic (exact) mass is 306 g/mol. The second-order valence-electron chi connectivity index (χ2n) is 6.19.